The van der Waals surface area contributed by atoms with E-state index in [4.69, 9.17) is 0 Å². The normalized spacial score (nSPS) is 14.0. The van der Waals surface area contributed by atoms with Crippen LogP contribution in [0.5, 0.6) is 0 Å². The van der Waals surface area contributed by atoms with Crippen LogP contribution in [0.25, 0.3) is 16.7 Å². The molecule has 2 amide bonds. The summed E-state index contributed by atoms with van der Waals surface area (Å²) in [5, 5.41) is 12.1. The summed E-state index contributed by atoms with van der Waals surface area (Å²) in [6.45, 7) is 1.84. The van der Waals surface area contributed by atoms with Crippen molar-refractivity contribution in [1.29, 1.82) is 0 Å². The molecular formula is C18H16N6O2. The van der Waals surface area contributed by atoms with Gasteiger partial charge in [0.05, 0.1) is 11.2 Å². The van der Waals surface area contributed by atoms with E-state index in [9.17, 15) is 9.59 Å². The molecule has 3 heterocycles. The van der Waals surface area contributed by atoms with Gasteiger partial charge in [0.2, 0.25) is 5.91 Å². The first-order valence-corrected chi connectivity index (χ1v) is 8.20. The van der Waals surface area contributed by atoms with Crippen LogP contribution >= 0.6 is 0 Å². The van der Waals surface area contributed by atoms with Gasteiger partial charge in [0, 0.05) is 24.3 Å². The molecule has 0 spiro atoms. The van der Waals surface area contributed by atoms with Crippen LogP contribution in [0.4, 0.5) is 5.82 Å². The fourth-order valence-corrected chi connectivity index (χ4v) is 2.76. The Kier molecular flexibility index (Phi) is 3.92. The molecular weight excluding hydrogens is 332 g/mol. The van der Waals surface area contributed by atoms with Crippen LogP contribution < -0.4 is 10.7 Å². The molecule has 1 aliphatic rings. The molecule has 26 heavy (non-hydrogen) atoms. The van der Waals surface area contributed by atoms with Crippen molar-refractivity contribution in [1.82, 2.24) is 20.2 Å². The number of aryl methyl sites for hydroxylation is 1. The Morgan fingerprint density at radius 1 is 1.19 bits per heavy atom. The Balaban J connectivity index is 1.66. The van der Waals surface area contributed by atoms with Gasteiger partial charge in [-0.3, -0.25) is 9.59 Å². The fourth-order valence-electron chi connectivity index (χ4n) is 2.76. The highest BCUT2D eigenvalue weighted by atomic mass is 16.2. The number of aromatic nitrogens is 3. The number of hydrogen-bond donors (Lipinski definition) is 2. The maximum absolute atomic E-state index is 12.4. The van der Waals surface area contributed by atoms with E-state index >= 15 is 0 Å². The summed E-state index contributed by atoms with van der Waals surface area (Å²) >= 11 is 0. The average Bonchev–Trinajstić information content (AvgIpc) is 3.02. The van der Waals surface area contributed by atoms with Crippen molar-refractivity contribution in [2.75, 3.05) is 5.32 Å². The molecule has 3 aromatic rings. The Morgan fingerprint density at radius 2 is 2.04 bits per heavy atom. The summed E-state index contributed by atoms with van der Waals surface area (Å²) in [5.74, 6) is 0.538. The van der Waals surface area contributed by atoms with Gasteiger partial charge in [0.15, 0.2) is 5.82 Å². The van der Waals surface area contributed by atoms with E-state index < -0.39 is 0 Å². The molecule has 0 fully saturated rings. The second kappa shape index (κ2) is 6.40. The number of hydrogen-bond acceptors (Lipinski definition) is 5. The Morgan fingerprint density at radius 3 is 2.85 bits per heavy atom. The highest BCUT2D eigenvalue weighted by Gasteiger charge is 2.20. The van der Waals surface area contributed by atoms with Crippen LogP contribution in [0, 0.1) is 6.92 Å². The topological polar surface area (TPSA) is 101 Å². The molecule has 0 unspecified atom stereocenters. The zero-order valence-corrected chi connectivity index (χ0v) is 14.1. The minimum atomic E-state index is -0.369. The molecule has 8 heteroatoms. The standard InChI is InChI=1S/C18H16N6O2/c1-11-10-16(20-18(26)14-7-9-17(25)22-21-14)24(23-11)15-8-6-12-4-2-3-5-13(12)19-15/h2-6,8,10H,7,9H2,1H3,(H,20,26)(H,22,25). The number of amides is 2. The van der Waals surface area contributed by atoms with E-state index in [1.165, 1.54) is 0 Å². The second-order valence-corrected chi connectivity index (χ2v) is 5.99. The minimum absolute atomic E-state index is 0.192. The third-order valence-corrected chi connectivity index (χ3v) is 4.04. The lowest BCUT2D eigenvalue weighted by Gasteiger charge is -2.13. The number of carbonyl (C=O) groups is 2. The van der Waals surface area contributed by atoms with Gasteiger partial charge in [-0.05, 0) is 25.1 Å². The van der Waals surface area contributed by atoms with Crippen molar-refractivity contribution in [3.8, 4) is 5.82 Å². The number of benzene rings is 1. The quantitative estimate of drug-likeness (QED) is 0.755. The van der Waals surface area contributed by atoms with Crippen LogP contribution in [-0.2, 0) is 9.59 Å². The first-order valence-electron chi connectivity index (χ1n) is 8.20. The third-order valence-electron chi connectivity index (χ3n) is 4.04. The summed E-state index contributed by atoms with van der Waals surface area (Å²) < 4.78 is 1.58. The number of para-hydroxylation sites is 1. The van der Waals surface area contributed by atoms with Gasteiger partial charge >= 0.3 is 0 Å². The zero-order chi connectivity index (χ0) is 18.1. The summed E-state index contributed by atoms with van der Waals surface area (Å²) in [6.07, 6.45) is 0.551. The van der Waals surface area contributed by atoms with Gasteiger partial charge in [0.25, 0.3) is 5.91 Å². The molecule has 8 nitrogen and oxygen atoms in total. The van der Waals surface area contributed by atoms with Gasteiger partial charge in [-0.25, -0.2) is 10.4 Å². The zero-order valence-electron chi connectivity index (χ0n) is 14.1. The highest BCUT2D eigenvalue weighted by Crippen LogP contribution is 2.19. The average molecular weight is 348 g/mol. The van der Waals surface area contributed by atoms with Crippen LogP contribution in [0.1, 0.15) is 18.5 Å². The molecule has 1 aliphatic heterocycles. The number of nitrogens with zero attached hydrogens (tertiary/aromatic N) is 4. The number of rotatable bonds is 3. The van der Waals surface area contributed by atoms with Crippen molar-refractivity contribution in [3.63, 3.8) is 0 Å². The molecule has 0 radical (unpaired) electrons. The van der Waals surface area contributed by atoms with E-state index in [1.807, 2.05) is 43.3 Å². The van der Waals surface area contributed by atoms with Crippen molar-refractivity contribution < 1.29 is 9.59 Å². The molecule has 0 bridgehead atoms. The third kappa shape index (κ3) is 3.04. The van der Waals surface area contributed by atoms with E-state index in [0.29, 0.717) is 18.1 Å². The van der Waals surface area contributed by atoms with Gasteiger partial charge in [-0.15, -0.1) is 0 Å². The smallest absolute Gasteiger partial charge is 0.273 e. The van der Waals surface area contributed by atoms with E-state index in [1.54, 1.807) is 10.7 Å². The molecule has 2 N–H and O–H groups in total. The summed E-state index contributed by atoms with van der Waals surface area (Å²) in [6, 6.07) is 13.4. The van der Waals surface area contributed by atoms with Crippen LogP contribution in [0.2, 0.25) is 0 Å². The molecule has 0 saturated carbocycles. The molecule has 0 atom stereocenters. The van der Waals surface area contributed by atoms with Crippen LogP contribution in [-0.4, -0.2) is 32.3 Å². The first-order chi connectivity index (χ1) is 12.6. The van der Waals surface area contributed by atoms with Gasteiger partial charge in [-0.1, -0.05) is 18.2 Å². The number of fused-ring (bicyclic) bond motifs is 1. The maximum Gasteiger partial charge on any atom is 0.273 e. The fraction of sp³-hybridized carbons (Fsp3) is 0.167. The number of carbonyl (C=O) groups excluding carboxylic acids is 2. The Bertz CT molecular complexity index is 1050. The Labute approximate surface area is 148 Å². The number of anilines is 1. The lowest BCUT2D eigenvalue weighted by molar-refractivity contribution is -0.121. The van der Waals surface area contributed by atoms with Gasteiger partial charge < -0.3 is 5.32 Å². The summed E-state index contributed by atoms with van der Waals surface area (Å²) in [5.41, 5.74) is 4.19. The predicted octanol–water partition coefficient (Wildman–Crippen LogP) is 1.93. The SMILES string of the molecule is Cc1cc(NC(=O)C2=NNC(=O)CC2)n(-c2ccc3ccccc3n2)n1. The van der Waals surface area contributed by atoms with E-state index in [0.717, 1.165) is 16.6 Å². The van der Waals surface area contributed by atoms with Crippen molar-refractivity contribution in [2.24, 2.45) is 5.10 Å². The van der Waals surface area contributed by atoms with E-state index in [2.05, 4.69) is 25.9 Å². The van der Waals surface area contributed by atoms with E-state index in [-0.39, 0.29) is 23.9 Å². The van der Waals surface area contributed by atoms with Crippen molar-refractivity contribution in [2.45, 2.75) is 19.8 Å². The maximum atomic E-state index is 12.4. The molecule has 130 valence electrons. The lowest BCUT2D eigenvalue weighted by atomic mass is 10.1. The van der Waals surface area contributed by atoms with Crippen molar-refractivity contribution >= 4 is 34.2 Å². The van der Waals surface area contributed by atoms with Crippen LogP contribution in [0.3, 0.4) is 0 Å². The van der Waals surface area contributed by atoms with Crippen LogP contribution in [0.15, 0.2) is 47.6 Å². The summed E-state index contributed by atoms with van der Waals surface area (Å²) in [7, 11) is 0. The monoisotopic (exact) mass is 348 g/mol. The second-order valence-electron chi connectivity index (χ2n) is 5.99. The molecule has 0 aliphatic carbocycles. The van der Waals surface area contributed by atoms with Gasteiger partial charge in [0.1, 0.15) is 11.5 Å². The largest absolute Gasteiger partial charge is 0.305 e. The van der Waals surface area contributed by atoms with Crippen molar-refractivity contribution in [3.05, 3.63) is 48.2 Å². The predicted molar refractivity (Wildman–Crippen MR) is 97.0 cm³/mol. The number of nitrogens with one attached hydrogen (secondary N) is 2. The Hall–Kier alpha value is -3.55. The molecule has 1 aromatic carbocycles. The first kappa shape index (κ1) is 15.9. The number of hydrazone groups is 1. The number of pyridine rings is 1. The highest BCUT2D eigenvalue weighted by molar-refractivity contribution is 6.43. The molecule has 2 aromatic heterocycles. The minimum Gasteiger partial charge on any atom is -0.305 e. The molecule has 0 saturated heterocycles. The molecule has 4 rings (SSSR count). The van der Waals surface area contributed by atoms with Gasteiger partial charge in [-0.2, -0.15) is 14.9 Å². The lowest BCUT2D eigenvalue weighted by Crippen LogP contribution is -2.33. The summed E-state index contributed by atoms with van der Waals surface area (Å²) in [4.78, 5) is 28.2.